The second-order valence-corrected chi connectivity index (χ2v) is 5.12. The molecule has 7 nitrogen and oxygen atoms in total. The summed E-state index contributed by atoms with van der Waals surface area (Å²) in [7, 11) is 2.99. The van der Waals surface area contributed by atoms with Crippen molar-refractivity contribution in [1.29, 1.82) is 10.7 Å². The van der Waals surface area contributed by atoms with Crippen LogP contribution in [-0.4, -0.2) is 30.3 Å². The van der Waals surface area contributed by atoms with Crippen LogP contribution in [0.2, 0.25) is 0 Å². The summed E-state index contributed by atoms with van der Waals surface area (Å²) in [5, 5.41) is 24.7. The van der Waals surface area contributed by atoms with Crippen molar-refractivity contribution in [2.24, 2.45) is 0 Å². The SMILES string of the molecule is CNc1nc(Nc2ccc(CC#N)c(NC)c2C=N)ncc1C(F)(F)F. The Bertz CT molecular complexity index is 856. The Morgan fingerprint density at radius 3 is 2.54 bits per heavy atom. The monoisotopic (exact) mass is 363 g/mol. The molecule has 0 fully saturated rings. The lowest BCUT2D eigenvalue weighted by molar-refractivity contribution is -0.137. The predicted octanol–water partition coefficient (Wildman–Crippen LogP) is 3.39. The molecule has 2 rings (SSSR count). The molecule has 2 aromatic rings. The minimum atomic E-state index is -4.57. The Morgan fingerprint density at radius 2 is 2.00 bits per heavy atom. The maximum absolute atomic E-state index is 12.9. The molecule has 4 N–H and O–H groups in total. The van der Waals surface area contributed by atoms with Crippen LogP contribution < -0.4 is 16.0 Å². The Morgan fingerprint density at radius 1 is 1.27 bits per heavy atom. The van der Waals surface area contributed by atoms with Gasteiger partial charge in [0.25, 0.3) is 0 Å². The maximum Gasteiger partial charge on any atom is 0.421 e. The highest BCUT2D eigenvalue weighted by molar-refractivity contribution is 5.95. The van der Waals surface area contributed by atoms with E-state index < -0.39 is 11.7 Å². The highest BCUT2D eigenvalue weighted by Crippen LogP contribution is 2.34. The highest BCUT2D eigenvalue weighted by Gasteiger charge is 2.35. The largest absolute Gasteiger partial charge is 0.421 e. The fraction of sp³-hybridized carbons (Fsp3) is 0.250. The third-order valence-corrected chi connectivity index (χ3v) is 3.57. The molecule has 1 heterocycles. The molecular weight excluding hydrogens is 347 g/mol. The molecule has 0 amide bonds. The molecule has 0 aliphatic rings. The Balaban J connectivity index is 2.46. The fourth-order valence-electron chi connectivity index (χ4n) is 2.41. The summed E-state index contributed by atoms with van der Waals surface area (Å²) in [6, 6.07) is 5.35. The van der Waals surface area contributed by atoms with Gasteiger partial charge in [0.1, 0.15) is 11.4 Å². The van der Waals surface area contributed by atoms with Crippen molar-refractivity contribution in [2.45, 2.75) is 12.6 Å². The molecule has 0 aliphatic carbocycles. The second kappa shape index (κ2) is 7.69. The molecule has 0 bridgehead atoms. The van der Waals surface area contributed by atoms with Crippen LogP contribution >= 0.6 is 0 Å². The van der Waals surface area contributed by atoms with Gasteiger partial charge in [-0.25, -0.2) is 4.98 Å². The van der Waals surface area contributed by atoms with E-state index in [1.807, 2.05) is 6.07 Å². The Hall–Kier alpha value is -3.35. The molecule has 0 saturated carbocycles. The first-order valence-corrected chi connectivity index (χ1v) is 7.45. The van der Waals surface area contributed by atoms with Crippen LogP contribution in [0.15, 0.2) is 18.3 Å². The lowest BCUT2D eigenvalue weighted by Gasteiger charge is -2.16. The lowest BCUT2D eigenvalue weighted by atomic mass is 10.0. The van der Waals surface area contributed by atoms with Crippen LogP contribution in [-0.2, 0) is 12.6 Å². The average Bonchev–Trinajstić information content (AvgIpc) is 2.61. The van der Waals surface area contributed by atoms with Crippen molar-refractivity contribution < 1.29 is 13.2 Å². The van der Waals surface area contributed by atoms with E-state index in [1.54, 1.807) is 19.2 Å². The molecule has 0 saturated heterocycles. The van der Waals surface area contributed by atoms with E-state index in [4.69, 9.17) is 10.7 Å². The van der Waals surface area contributed by atoms with Crippen molar-refractivity contribution in [3.63, 3.8) is 0 Å². The number of benzene rings is 1. The summed E-state index contributed by atoms with van der Waals surface area (Å²) in [6.45, 7) is 0. The van der Waals surface area contributed by atoms with E-state index in [2.05, 4.69) is 25.9 Å². The molecule has 0 spiro atoms. The first-order chi connectivity index (χ1) is 12.3. The fourth-order valence-corrected chi connectivity index (χ4v) is 2.41. The van der Waals surface area contributed by atoms with Crippen LogP contribution in [0, 0.1) is 16.7 Å². The number of hydrogen-bond acceptors (Lipinski definition) is 7. The third kappa shape index (κ3) is 3.83. The number of nitrogens with zero attached hydrogens (tertiary/aromatic N) is 3. The maximum atomic E-state index is 12.9. The summed E-state index contributed by atoms with van der Waals surface area (Å²) < 4.78 is 38.8. The van der Waals surface area contributed by atoms with E-state index in [-0.39, 0.29) is 18.2 Å². The molecule has 0 unspecified atom stereocenters. The Kier molecular flexibility index (Phi) is 5.61. The molecule has 1 aromatic heterocycles. The molecule has 0 aliphatic heterocycles. The van der Waals surface area contributed by atoms with Gasteiger partial charge in [-0.05, 0) is 11.6 Å². The van der Waals surface area contributed by atoms with Crippen LogP contribution in [0.4, 0.5) is 36.3 Å². The second-order valence-electron chi connectivity index (χ2n) is 5.12. The van der Waals surface area contributed by atoms with Crippen molar-refractivity contribution in [3.05, 3.63) is 35.0 Å². The zero-order chi connectivity index (χ0) is 19.3. The van der Waals surface area contributed by atoms with Gasteiger partial charge in [0.15, 0.2) is 0 Å². The van der Waals surface area contributed by atoms with Crippen LogP contribution in [0.3, 0.4) is 0 Å². The van der Waals surface area contributed by atoms with Gasteiger partial charge >= 0.3 is 6.18 Å². The number of rotatable bonds is 6. The third-order valence-electron chi connectivity index (χ3n) is 3.57. The van der Waals surface area contributed by atoms with Crippen LogP contribution in [0.25, 0.3) is 0 Å². The lowest BCUT2D eigenvalue weighted by Crippen LogP contribution is -2.13. The predicted molar refractivity (Wildman–Crippen MR) is 93.1 cm³/mol. The van der Waals surface area contributed by atoms with E-state index in [0.717, 1.165) is 6.21 Å². The van der Waals surface area contributed by atoms with E-state index in [9.17, 15) is 13.2 Å². The van der Waals surface area contributed by atoms with Gasteiger partial charge in [0.2, 0.25) is 5.95 Å². The molecule has 0 radical (unpaired) electrons. The van der Waals surface area contributed by atoms with Gasteiger partial charge in [-0.2, -0.15) is 23.4 Å². The van der Waals surface area contributed by atoms with Gasteiger partial charge < -0.3 is 21.4 Å². The zero-order valence-electron chi connectivity index (χ0n) is 14.0. The van der Waals surface area contributed by atoms with Gasteiger partial charge in [-0.1, -0.05) is 6.07 Å². The number of hydrogen-bond donors (Lipinski definition) is 4. The number of nitriles is 1. The average molecular weight is 363 g/mol. The summed E-state index contributed by atoms with van der Waals surface area (Å²) >= 11 is 0. The number of nitrogens with one attached hydrogen (secondary N) is 4. The summed E-state index contributed by atoms with van der Waals surface area (Å²) in [5.41, 5.74) is 1.16. The van der Waals surface area contributed by atoms with Crippen molar-refractivity contribution in [3.8, 4) is 6.07 Å². The topological polar surface area (TPSA) is 110 Å². The quantitative estimate of drug-likeness (QED) is 0.586. The van der Waals surface area contributed by atoms with Crippen LogP contribution in [0.5, 0.6) is 0 Å². The van der Waals surface area contributed by atoms with E-state index >= 15 is 0 Å². The Labute approximate surface area is 147 Å². The summed E-state index contributed by atoms with van der Waals surface area (Å²) in [6.07, 6.45) is -2.65. The van der Waals surface area contributed by atoms with Gasteiger partial charge in [-0.3, -0.25) is 0 Å². The van der Waals surface area contributed by atoms with Crippen molar-refractivity contribution in [1.82, 2.24) is 9.97 Å². The molecule has 26 heavy (non-hydrogen) atoms. The van der Waals surface area contributed by atoms with E-state index in [1.165, 1.54) is 7.05 Å². The van der Waals surface area contributed by atoms with Crippen LogP contribution in [0.1, 0.15) is 16.7 Å². The smallest absolute Gasteiger partial charge is 0.387 e. The highest BCUT2D eigenvalue weighted by atomic mass is 19.4. The summed E-state index contributed by atoms with van der Waals surface area (Å²) in [5.74, 6) is -0.415. The van der Waals surface area contributed by atoms with Crippen molar-refractivity contribution >= 4 is 29.4 Å². The van der Waals surface area contributed by atoms with Gasteiger partial charge in [0, 0.05) is 37.8 Å². The first-order valence-electron chi connectivity index (χ1n) is 7.45. The standard InChI is InChI=1S/C16H16F3N7/c1-22-13-9(5-6-20)3-4-12(10(13)7-21)25-15-24-8-11(16(17,18)19)14(23-2)26-15/h3-4,7-8,21-22H,5H2,1-2H3,(H2,23,24,25,26). The minimum absolute atomic E-state index is 0.0551. The number of alkyl halides is 3. The first kappa shape index (κ1) is 19.0. The van der Waals surface area contributed by atoms with Crippen molar-refractivity contribution in [2.75, 3.05) is 30.0 Å². The molecule has 1 aromatic carbocycles. The molecular formula is C16H16F3N7. The number of anilines is 4. The van der Waals surface area contributed by atoms with Gasteiger partial charge in [0.05, 0.1) is 18.2 Å². The number of halogens is 3. The van der Waals surface area contributed by atoms with E-state index in [0.29, 0.717) is 28.7 Å². The zero-order valence-corrected chi connectivity index (χ0v) is 14.0. The molecule has 10 heteroatoms. The van der Waals surface area contributed by atoms with Gasteiger partial charge in [-0.15, -0.1) is 0 Å². The number of aromatic nitrogens is 2. The minimum Gasteiger partial charge on any atom is -0.387 e. The molecule has 136 valence electrons. The molecule has 0 atom stereocenters. The summed E-state index contributed by atoms with van der Waals surface area (Å²) in [4.78, 5) is 7.55. The normalized spacial score (nSPS) is 10.8.